The first-order valence-electron chi connectivity index (χ1n) is 6.32. The van der Waals surface area contributed by atoms with Crippen LogP contribution in [0.2, 0.25) is 0 Å². The number of carbonyl (C=O) groups excluding carboxylic acids is 1. The fourth-order valence-electron chi connectivity index (χ4n) is 2.17. The maximum Gasteiger partial charge on any atom is 0.265 e. The van der Waals surface area contributed by atoms with Gasteiger partial charge in [0.05, 0.1) is 0 Å². The molecular formula is C12H20N4OS. The number of aromatic nitrogens is 1. The molecule has 0 aromatic carbocycles. The monoisotopic (exact) mass is 268 g/mol. The van der Waals surface area contributed by atoms with Crippen LogP contribution in [0.4, 0.5) is 10.9 Å². The summed E-state index contributed by atoms with van der Waals surface area (Å²) in [5.41, 5.74) is 5.80. The molecule has 1 fully saturated rings. The number of nitrogens with zero attached hydrogens (tertiary/aromatic N) is 2. The van der Waals surface area contributed by atoms with E-state index in [2.05, 4.69) is 10.3 Å². The number of anilines is 2. The molecule has 1 aliphatic rings. The van der Waals surface area contributed by atoms with Gasteiger partial charge in [-0.05, 0) is 12.8 Å². The average Bonchev–Trinajstić information content (AvgIpc) is 2.73. The highest BCUT2D eigenvalue weighted by Gasteiger charge is 2.21. The molecule has 3 N–H and O–H groups in total. The molecule has 5 nitrogen and oxygen atoms in total. The number of carbonyl (C=O) groups is 1. The van der Waals surface area contributed by atoms with Crippen molar-refractivity contribution in [2.75, 3.05) is 24.7 Å². The molecule has 0 atom stereocenters. The minimum absolute atomic E-state index is 0.0787. The van der Waals surface area contributed by atoms with Gasteiger partial charge in [-0.2, -0.15) is 0 Å². The summed E-state index contributed by atoms with van der Waals surface area (Å²) in [5, 5.41) is 3.83. The molecule has 1 heterocycles. The number of rotatable bonds is 3. The maximum atomic E-state index is 12.1. The van der Waals surface area contributed by atoms with E-state index in [1.807, 2.05) is 19.0 Å². The molecule has 0 unspecified atom stereocenters. The van der Waals surface area contributed by atoms with Crippen LogP contribution in [0.5, 0.6) is 0 Å². The molecule has 100 valence electrons. The second kappa shape index (κ2) is 5.56. The molecule has 1 saturated carbocycles. The number of hydrogen-bond donors (Lipinski definition) is 2. The molecule has 0 radical (unpaired) electrons. The van der Waals surface area contributed by atoms with Crippen LogP contribution in [0.25, 0.3) is 0 Å². The Balaban J connectivity index is 2.03. The summed E-state index contributed by atoms with van der Waals surface area (Å²) in [6, 6.07) is 0.301. The lowest BCUT2D eigenvalue weighted by molar-refractivity contribution is 0.0932. The van der Waals surface area contributed by atoms with Crippen LogP contribution in [-0.2, 0) is 0 Å². The molecule has 1 aromatic heterocycles. The second-order valence-electron chi connectivity index (χ2n) is 4.91. The Kier molecular flexibility index (Phi) is 4.06. The van der Waals surface area contributed by atoms with E-state index in [0.29, 0.717) is 16.7 Å². The van der Waals surface area contributed by atoms with E-state index in [1.165, 1.54) is 30.6 Å². The molecule has 0 saturated heterocycles. The lowest BCUT2D eigenvalue weighted by atomic mass is 9.95. The van der Waals surface area contributed by atoms with Gasteiger partial charge >= 0.3 is 0 Å². The van der Waals surface area contributed by atoms with Crippen molar-refractivity contribution in [3.63, 3.8) is 0 Å². The SMILES string of the molecule is CN(C)c1nc(N)c(C(=O)NC2CCCCC2)s1. The van der Waals surface area contributed by atoms with E-state index < -0.39 is 0 Å². The first kappa shape index (κ1) is 13.1. The summed E-state index contributed by atoms with van der Waals surface area (Å²) in [4.78, 5) is 18.7. The fraction of sp³-hybridized carbons (Fsp3) is 0.667. The van der Waals surface area contributed by atoms with Crippen LogP contribution in [0.15, 0.2) is 0 Å². The van der Waals surface area contributed by atoms with Gasteiger partial charge in [-0.1, -0.05) is 30.6 Å². The van der Waals surface area contributed by atoms with Gasteiger partial charge in [-0.25, -0.2) is 4.98 Å². The van der Waals surface area contributed by atoms with Crippen molar-refractivity contribution in [1.29, 1.82) is 0 Å². The summed E-state index contributed by atoms with van der Waals surface area (Å²) >= 11 is 1.34. The zero-order valence-corrected chi connectivity index (χ0v) is 11.7. The van der Waals surface area contributed by atoms with Crippen molar-refractivity contribution < 1.29 is 4.79 Å². The molecule has 1 amide bonds. The number of nitrogen functional groups attached to an aromatic ring is 1. The Labute approximate surface area is 111 Å². The zero-order valence-electron chi connectivity index (χ0n) is 10.9. The third-order valence-corrected chi connectivity index (χ3v) is 4.41. The minimum atomic E-state index is -0.0787. The zero-order chi connectivity index (χ0) is 13.1. The number of amides is 1. The molecule has 2 rings (SSSR count). The Morgan fingerprint density at radius 1 is 1.39 bits per heavy atom. The highest BCUT2D eigenvalue weighted by Crippen LogP contribution is 2.27. The van der Waals surface area contributed by atoms with E-state index in [9.17, 15) is 4.79 Å². The van der Waals surface area contributed by atoms with Crippen LogP contribution in [0.3, 0.4) is 0 Å². The van der Waals surface area contributed by atoms with Gasteiger partial charge in [0.25, 0.3) is 5.91 Å². The van der Waals surface area contributed by atoms with E-state index in [-0.39, 0.29) is 5.91 Å². The Morgan fingerprint density at radius 2 is 2.06 bits per heavy atom. The van der Waals surface area contributed by atoms with Crippen LogP contribution < -0.4 is 16.0 Å². The second-order valence-corrected chi connectivity index (χ2v) is 5.89. The van der Waals surface area contributed by atoms with Crippen LogP contribution in [0, 0.1) is 0 Å². The van der Waals surface area contributed by atoms with Gasteiger partial charge in [0, 0.05) is 20.1 Å². The van der Waals surface area contributed by atoms with Crippen LogP contribution >= 0.6 is 11.3 Å². The standard InChI is InChI=1S/C12H20N4OS/c1-16(2)12-15-10(13)9(18-12)11(17)14-8-6-4-3-5-7-8/h8H,3-7,13H2,1-2H3,(H,14,17). The van der Waals surface area contributed by atoms with E-state index in [1.54, 1.807) is 0 Å². The van der Waals surface area contributed by atoms with Crippen molar-refractivity contribution in [1.82, 2.24) is 10.3 Å². The molecule has 18 heavy (non-hydrogen) atoms. The van der Waals surface area contributed by atoms with E-state index in [4.69, 9.17) is 5.73 Å². The van der Waals surface area contributed by atoms with Crippen molar-refractivity contribution in [2.24, 2.45) is 0 Å². The minimum Gasteiger partial charge on any atom is -0.382 e. The summed E-state index contributed by atoms with van der Waals surface area (Å²) in [6.07, 6.45) is 5.83. The maximum absolute atomic E-state index is 12.1. The summed E-state index contributed by atoms with van der Waals surface area (Å²) in [6.45, 7) is 0. The van der Waals surface area contributed by atoms with Gasteiger partial charge in [-0.3, -0.25) is 4.79 Å². The molecule has 1 aromatic rings. The molecule has 0 spiro atoms. The van der Waals surface area contributed by atoms with Crippen molar-refractivity contribution >= 4 is 28.2 Å². The van der Waals surface area contributed by atoms with E-state index >= 15 is 0 Å². The quantitative estimate of drug-likeness (QED) is 0.877. The molecule has 0 aliphatic heterocycles. The van der Waals surface area contributed by atoms with E-state index in [0.717, 1.165) is 18.0 Å². The fourth-order valence-corrected chi connectivity index (χ4v) is 2.98. The number of nitrogens with one attached hydrogen (secondary N) is 1. The first-order chi connectivity index (χ1) is 8.58. The molecule has 1 aliphatic carbocycles. The average molecular weight is 268 g/mol. The lowest BCUT2D eigenvalue weighted by Gasteiger charge is -2.22. The van der Waals surface area contributed by atoms with Crippen LogP contribution in [-0.4, -0.2) is 31.0 Å². The molecular weight excluding hydrogens is 248 g/mol. The van der Waals surface area contributed by atoms with Gasteiger partial charge in [0.2, 0.25) is 0 Å². The summed E-state index contributed by atoms with van der Waals surface area (Å²) < 4.78 is 0. The lowest BCUT2D eigenvalue weighted by Crippen LogP contribution is -2.36. The van der Waals surface area contributed by atoms with Crippen molar-refractivity contribution in [3.05, 3.63) is 4.88 Å². The number of nitrogens with two attached hydrogens (primary N) is 1. The molecule has 0 bridgehead atoms. The predicted molar refractivity (Wildman–Crippen MR) is 75.2 cm³/mol. The third kappa shape index (κ3) is 2.93. The topological polar surface area (TPSA) is 71.2 Å². The first-order valence-corrected chi connectivity index (χ1v) is 7.14. The summed E-state index contributed by atoms with van der Waals surface area (Å²) in [7, 11) is 3.78. The highest BCUT2D eigenvalue weighted by atomic mass is 32.1. The third-order valence-electron chi connectivity index (χ3n) is 3.17. The Hall–Kier alpha value is -1.30. The van der Waals surface area contributed by atoms with Gasteiger partial charge in [-0.15, -0.1) is 0 Å². The van der Waals surface area contributed by atoms with Crippen molar-refractivity contribution in [2.45, 2.75) is 38.1 Å². The van der Waals surface area contributed by atoms with Crippen molar-refractivity contribution in [3.8, 4) is 0 Å². The smallest absolute Gasteiger partial charge is 0.265 e. The van der Waals surface area contributed by atoms with Gasteiger partial charge < -0.3 is 16.0 Å². The Bertz CT molecular complexity index is 424. The van der Waals surface area contributed by atoms with Crippen LogP contribution in [0.1, 0.15) is 41.8 Å². The molecule has 6 heteroatoms. The number of hydrogen-bond acceptors (Lipinski definition) is 5. The normalized spacial score (nSPS) is 16.6. The summed E-state index contributed by atoms with van der Waals surface area (Å²) in [5.74, 6) is 0.252. The largest absolute Gasteiger partial charge is 0.382 e. The highest BCUT2D eigenvalue weighted by molar-refractivity contribution is 7.18. The predicted octanol–water partition coefficient (Wildman–Crippen LogP) is 1.85. The van der Waals surface area contributed by atoms with Gasteiger partial charge in [0.1, 0.15) is 10.7 Å². The Morgan fingerprint density at radius 3 is 2.61 bits per heavy atom. The number of thiazole rings is 1. The van der Waals surface area contributed by atoms with Gasteiger partial charge in [0.15, 0.2) is 5.13 Å².